The fourth-order valence-electron chi connectivity index (χ4n) is 1.22. The molecule has 1 amide bonds. The third kappa shape index (κ3) is 3.41. The number of carbonyl (C=O) groups excluding carboxylic acids is 1. The number of carbonyl (C=O) groups is 1. The van der Waals surface area contributed by atoms with Gasteiger partial charge in [0.1, 0.15) is 6.61 Å². The number of hydrogen-bond acceptors (Lipinski definition) is 2. The van der Waals surface area contributed by atoms with E-state index in [0.29, 0.717) is 6.42 Å². The molecule has 0 aliphatic carbocycles. The second kappa shape index (κ2) is 5.94. The molecule has 2 N–H and O–H groups in total. The zero-order chi connectivity index (χ0) is 12.0. The molecule has 0 fully saturated rings. The van der Waals surface area contributed by atoms with E-state index >= 15 is 0 Å². The van der Waals surface area contributed by atoms with Crippen molar-refractivity contribution in [3.8, 4) is 11.8 Å². The second-order valence-corrected chi connectivity index (χ2v) is 3.39. The number of benzene rings is 1. The van der Waals surface area contributed by atoms with E-state index < -0.39 is 0 Å². The normalized spacial score (nSPS) is 9.19. The zero-order valence-corrected chi connectivity index (χ0v) is 9.50. The van der Waals surface area contributed by atoms with Crippen LogP contribution in [-0.4, -0.2) is 17.6 Å². The molecule has 16 heavy (non-hydrogen) atoms. The lowest BCUT2D eigenvalue weighted by Gasteiger charge is -2.05. The molecule has 0 aliphatic rings. The number of hydrogen-bond donors (Lipinski definition) is 2. The number of amides is 1. The van der Waals surface area contributed by atoms with Crippen molar-refractivity contribution in [2.75, 3.05) is 11.9 Å². The minimum atomic E-state index is -0.162. The number of aliphatic hydroxyl groups excluding tert-OH is 1. The van der Waals surface area contributed by atoms with E-state index in [1.807, 2.05) is 25.1 Å². The lowest BCUT2D eigenvalue weighted by Crippen LogP contribution is -2.09. The van der Waals surface area contributed by atoms with E-state index in [4.69, 9.17) is 5.11 Å². The standard InChI is InChI=1S/C13H15NO2/c1-3-13(16)14-12-7-6-10(2)11(9-12)5-4-8-15/h6-7,9,15H,3,8H2,1-2H3,(H,14,16). The fraction of sp³-hybridized carbons (Fsp3) is 0.308. The van der Waals surface area contributed by atoms with Crippen LogP contribution in [0.1, 0.15) is 24.5 Å². The van der Waals surface area contributed by atoms with Gasteiger partial charge in [-0.2, -0.15) is 0 Å². The van der Waals surface area contributed by atoms with E-state index in [2.05, 4.69) is 17.2 Å². The maximum Gasteiger partial charge on any atom is 0.224 e. The Morgan fingerprint density at radius 2 is 2.25 bits per heavy atom. The summed E-state index contributed by atoms with van der Waals surface area (Å²) in [5, 5.41) is 11.4. The van der Waals surface area contributed by atoms with Gasteiger partial charge in [0.2, 0.25) is 5.91 Å². The number of aliphatic hydroxyl groups is 1. The van der Waals surface area contributed by atoms with E-state index in [1.165, 1.54) is 0 Å². The van der Waals surface area contributed by atoms with Crippen molar-refractivity contribution in [1.82, 2.24) is 0 Å². The van der Waals surface area contributed by atoms with Crippen LogP contribution >= 0.6 is 0 Å². The Morgan fingerprint density at radius 1 is 1.50 bits per heavy atom. The smallest absolute Gasteiger partial charge is 0.224 e. The van der Waals surface area contributed by atoms with Crippen LogP contribution in [0.15, 0.2) is 18.2 Å². The summed E-state index contributed by atoms with van der Waals surface area (Å²) in [6.07, 6.45) is 0.450. The molecule has 3 heteroatoms. The van der Waals surface area contributed by atoms with Crippen molar-refractivity contribution in [2.24, 2.45) is 0 Å². The monoisotopic (exact) mass is 217 g/mol. The SMILES string of the molecule is CCC(=O)Nc1ccc(C)c(C#CCO)c1. The van der Waals surface area contributed by atoms with Gasteiger partial charge >= 0.3 is 0 Å². The van der Waals surface area contributed by atoms with Crippen LogP contribution in [0.25, 0.3) is 0 Å². The minimum absolute atomic E-state index is 0.0232. The fourth-order valence-corrected chi connectivity index (χ4v) is 1.22. The van der Waals surface area contributed by atoms with Gasteiger partial charge in [0, 0.05) is 17.7 Å². The molecule has 0 heterocycles. The van der Waals surface area contributed by atoms with Crippen LogP contribution < -0.4 is 5.32 Å². The molecule has 0 aromatic heterocycles. The second-order valence-electron chi connectivity index (χ2n) is 3.39. The molecule has 1 rings (SSSR count). The van der Waals surface area contributed by atoms with Gasteiger partial charge in [-0.3, -0.25) is 4.79 Å². The van der Waals surface area contributed by atoms with Gasteiger partial charge in [-0.15, -0.1) is 0 Å². The highest BCUT2D eigenvalue weighted by atomic mass is 16.2. The van der Waals surface area contributed by atoms with Crippen molar-refractivity contribution in [3.05, 3.63) is 29.3 Å². The maximum atomic E-state index is 11.2. The third-order valence-corrected chi connectivity index (χ3v) is 2.14. The van der Waals surface area contributed by atoms with Gasteiger partial charge in [0.25, 0.3) is 0 Å². The molecule has 0 saturated heterocycles. The van der Waals surface area contributed by atoms with Crippen molar-refractivity contribution in [3.63, 3.8) is 0 Å². The van der Waals surface area contributed by atoms with E-state index in [0.717, 1.165) is 16.8 Å². The summed E-state index contributed by atoms with van der Waals surface area (Å²) >= 11 is 0. The molecule has 3 nitrogen and oxygen atoms in total. The predicted molar refractivity (Wildman–Crippen MR) is 64.1 cm³/mol. The summed E-state index contributed by atoms with van der Waals surface area (Å²) < 4.78 is 0. The summed E-state index contributed by atoms with van der Waals surface area (Å²) in [6, 6.07) is 5.55. The van der Waals surface area contributed by atoms with Crippen LogP contribution in [0.3, 0.4) is 0 Å². The summed E-state index contributed by atoms with van der Waals surface area (Å²) in [5.74, 6) is 5.41. The Balaban J connectivity index is 2.93. The number of anilines is 1. The van der Waals surface area contributed by atoms with Crippen LogP contribution in [0.5, 0.6) is 0 Å². The van der Waals surface area contributed by atoms with Crippen molar-refractivity contribution >= 4 is 11.6 Å². The van der Waals surface area contributed by atoms with E-state index in [1.54, 1.807) is 6.92 Å². The molecule has 0 spiro atoms. The van der Waals surface area contributed by atoms with Crippen molar-refractivity contribution < 1.29 is 9.90 Å². The molecule has 0 atom stereocenters. The predicted octanol–water partition coefficient (Wildman–Crippen LogP) is 1.69. The number of nitrogens with one attached hydrogen (secondary N) is 1. The van der Waals surface area contributed by atoms with Gasteiger partial charge < -0.3 is 10.4 Å². The first kappa shape index (κ1) is 12.3. The Kier molecular flexibility index (Phi) is 4.56. The average molecular weight is 217 g/mol. The molecular weight excluding hydrogens is 202 g/mol. The van der Waals surface area contributed by atoms with E-state index in [9.17, 15) is 4.79 Å². The van der Waals surface area contributed by atoms with Gasteiger partial charge in [0.15, 0.2) is 0 Å². The van der Waals surface area contributed by atoms with Gasteiger partial charge in [-0.25, -0.2) is 0 Å². The topological polar surface area (TPSA) is 49.3 Å². The van der Waals surface area contributed by atoms with E-state index in [-0.39, 0.29) is 12.5 Å². The van der Waals surface area contributed by atoms with Crippen LogP contribution in [0, 0.1) is 18.8 Å². The van der Waals surface area contributed by atoms with Gasteiger partial charge in [-0.1, -0.05) is 24.8 Å². The Morgan fingerprint density at radius 3 is 2.88 bits per heavy atom. The van der Waals surface area contributed by atoms with Crippen LogP contribution in [0.2, 0.25) is 0 Å². The van der Waals surface area contributed by atoms with Crippen LogP contribution in [-0.2, 0) is 4.79 Å². The van der Waals surface area contributed by atoms with Crippen molar-refractivity contribution in [1.29, 1.82) is 0 Å². The molecule has 0 bridgehead atoms. The Labute approximate surface area is 95.5 Å². The highest BCUT2D eigenvalue weighted by molar-refractivity contribution is 5.90. The summed E-state index contributed by atoms with van der Waals surface area (Å²) in [7, 11) is 0. The molecule has 1 aromatic rings. The highest BCUT2D eigenvalue weighted by Crippen LogP contribution is 2.14. The zero-order valence-electron chi connectivity index (χ0n) is 9.50. The summed E-state index contributed by atoms with van der Waals surface area (Å²) in [6.45, 7) is 3.58. The van der Waals surface area contributed by atoms with Gasteiger partial charge in [-0.05, 0) is 24.6 Å². The summed E-state index contributed by atoms with van der Waals surface area (Å²) in [5.41, 5.74) is 2.58. The number of aryl methyl sites for hydroxylation is 1. The molecule has 0 aliphatic heterocycles. The first-order valence-corrected chi connectivity index (χ1v) is 5.17. The maximum absolute atomic E-state index is 11.2. The molecule has 0 saturated carbocycles. The molecule has 84 valence electrons. The number of rotatable bonds is 2. The molecule has 1 aromatic carbocycles. The minimum Gasteiger partial charge on any atom is -0.384 e. The molecular formula is C13H15NO2. The first-order chi connectivity index (χ1) is 7.67. The largest absolute Gasteiger partial charge is 0.384 e. The van der Waals surface area contributed by atoms with Crippen LogP contribution in [0.4, 0.5) is 5.69 Å². The highest BCUT2D eigenvalue weighted by Gasteiger charge is 2.01. The molecule has 0 unspecified atom stereocenters. The summed E-state index contributed by atoms with van der Waals surface area (Å²) in [4.78, 5) is 11.2. The first-order valence-electron chi connectivity index (χ1n) is 5.17. The Bertz CT molecular complexity index is 441. The van der Waals surface area contributed by atoms with Crippen molar-refractivity contribution in [2.45, 2.75) is 20.3 Å². The average Bonchev–Trinajstić information content (AvgIpc) is 2.29. The molecule has 0 radical (unpaired) electrons. The quantitative estimate of drug-likeness (QED) is 0.740. The third-order valence-electron chi connectivity index (χ3n) is 2.14. The van der Waals surface area contributed by atoms with Gasteiger partial charge in [0.05, 0.1) is 0 Å². The lowest BCUT2D eigenvalue weighted by molar-refractivity contribution is -0.115. The Hall–Kier alpha value is -1.79. The lowest BCUT2D eigenvalue weighted by atomic mass is 10.1.